The van der Waals surface area contributed by atoms with Crippen molar-refractivity contribution in [2.24, 2.45) is 0 Å². The number of ether oxygens (including phenoxy) is 2. The number of rotatable bonds is 6. The number of carbonyl (C=O) groups excluding carboxylic acids is 1. The maximum Gasteiger partial charge on any atom is 0.231 e. The van der Waals surface area contributed by atoms with Crippen molar-refractivity contribution >= 4 is 11.9 Å². The van der Waals surface area contributed by atoms with E-state index in [0.29, 0.717) is 12.8 Å². The van der Waals surface area contributed by atoms with Crippen LogP contribution in [0.3, 0.4) is 0 Å². The molecule has 1 aliphatic heterocycles. The molecule has 0 unspecified atom stereocenters. The molecule has 0 fully saturated rings. The maximum atomic E-state index is 11.3. The first-order valence-corrected chi connectivity index (χ1v) is 6.17. The van der Waals surface area contributed by atoms with E-state index >= 15 is 0 Å². The second kappa shape index (κ2) is 6.75. The summed E-state index contributed by atoms with van der Waals surface area (Å²) in [5.41, 5.74) is 0.983. The Kier molecular flexibility index (Phi) is 4.75. The lowest BCUT2D eigenvalue weighted by atomic mass is 10.1. The Bertz CT molecular complexity index is 503. The van der Waals surface area contributed by atoms with Crippen LogP contribution in [0.2, 0.25) is 0 Å². The number of aliphatic hydroxyl groups excluding tert-OH is 1. The summed E-state index contributed by atoms with van der Waals surface area (Å²) in [6.45, 7) is 0.314. The molecule has 2 rings (SSSR count). The maximum absolute atomic E-state index is 11.3. The van der Waals surface area contributed by atoms with E-state index in [1.54, 1.807) is 12.2 Å². The third kappa shape index (κ3) is 3.96. The van der Waals surface area contributed by atoms with Gasteiger partial charge in [0.2, 0.25) is 6.79 Å². The molecule has 4 nitrogen and oxygen atoms in total. The summed E-state index contributed by atoms with van der Waals surface area (Å²) in [6, 6.07) is 5.67. The highest BCUT2D eigenvalue weighted by Gasteiger charge is 2.11. The molecule has 0 atom stereocenters. The van der Waals surface area contributed by atoms with Gasteiger partial charge < -0.3 is 14.6 Å². The van der Waals surface area contributed by atoms with Crippen molar-refractivity contribution in [1.82, 2.24) is 0 Å². The molecule has 19 heavy (non-hydrogen) atoms. The minimum atomic E-state index is 0.0180. The molecule has 0 saturated carbocycles. The summed E-state index contributed by atoms with van der Waals surface area (Å²) in [4.78, 5) is 11.3. The number of ketones is 1. The molecule has 0 spiro atoms. The lowest BCUT2D eigenvalue weighted by Gasteiger charge is -1.96. The van der Waals surface area contributed by atoms with Gasteiger partial charge in [-0.3, -0.25) is 4.79 Å². The molecule has 0 amide bonds. The average molecular weight is 260 g/mol. The first-order valence-electron chi connectivity index (χ1n) is 6.17. The minimum absolute atomic E-state index is 0.0180. The molecule has 100 valence electrons. The Labute approximate surface area is 112 Å². The first kappa shape index (κ1) is 13.4. The molecule has 0 bridgehead atoms. The Hall–Kier alpha value is -2.07. The summed E-state index contributed by atoms with van der Waals surface area (Å²) >= 11 is 0. The summed E-state index contributed by atoms with van der Waals surface area (Å²) < 4.78 is 10.5. The van der Waals surface area contributed by atoms with E-state index < -0.39 is 0 Å². The van der Waals surface area contributed by atoms with Gasteiger partial charge in [-0.15, -0.1) is 0 Å². The van der Waals surface area contributed by atoms with Crippen LogP contribution in [0.5, 0.6) is 11.5 Å². The van der Waals surface area contributed by atoms with Gasteiger partial charge in [-0.05, 0) is 30.2 Å². The van der Waals surface area contributed by atoms with Gasteiger partial charge in [0.1, 0.15) is 0 Å². The SMILES string of the molecule is O=C(/C=C/C=C/c1ccc2c(c1)OCO2)CCCO. The monoisotopic (exact) mass is 260 g/mol. The molecule has 0 radical (unpaired) electrons. The van der Waals surface area contributed by atoms with E-state index in [1.165, 1.54) is 6.08 Å². The lowest BCUT2D eigenvalue weighted by molar-refractivity contribution is -0.114. The van der Waals surface area contributed by atoms with E-state index in [2.05, 4.69) is 0 Å². The van der Waals surface area contributed by atoms with Crippen LogP contribution in [-0.2, 0) is 4.79 Å². The molecule has 1 aromatic carbocycles. The van der Waals surface area contributed by atoms with E-state index in [-0.39, 0.29) is 19.2 Å². The van der Waals surface area contributed by atoms with Crippen molar-refractivity contribution in [3.8, 4) is 11.5 Å². The highest BCUT2D eigenvalue weighted by molar-refractivity contribution is 5.89. The second-order valence-electron chi connectivity index (χ2n) is 4.12. The summed E-state index contributed by atoms with van der Waals surface area (Å²) in [7, 11) is 0. The Balaban J connectivity index is 1.88. The minimum Gasteiger partial charge on any atom is -0.454 e. The fourth-order valence-corrected chi connectivity index (χ4v) is 1.68. The number of fused-ring (bicyclic) bond motifs is 1. The van der Waals surface area contributed by atoms with E-state index in [4.69, 9.17) is 14.6 Å². The topological polar surface area (TPSA) is 55.8 Å². The molecular formula is C15H16O4. The van der Waals surface area contributed by atoms with Crippen LogP contribution in [0.1, 0.15) is 18.4 Å². The van der Waals surface area contributed by atoms with Gasteiger partial charge in [-0.25, -0.2) is 0 Å². The van der Waals surface area contributed by atoms with E-state index in [9.17, 15) is 4.79 Å². The van der Waals surface area contributed by atoms with Crippen molar-refractivity contribution in [2.75, 3.05) is 13.4 Å². The van der Waals surface area contributed by atoms with Crippen molar-refractivity contribution < 1.29 is 19.4 Å². The standard InChI is InChI=1S/C15H16O4/c16-9-3-6-13(17)5-2-1-4-12-7-8-14-15(10-12)19-11-18-14/h1-2,4-5,7-8,10,16H,3,6,9,11H2/b4-1+,5-2+. The Morgan fingerprint density at radius 2 is 2.11 bits per heavy atom. The zero-order valence-electron chi connectivity index (χ0n) is 10.5. The Morgan fingerprint density at radius 3 is 2.95 bits per heavy atom. The fourth-order valence-electron chi connectivity index (χ4n) is 1.68. The van der Waals surface area contributed by atoms with Gasteiger partial charge in [0.25, 0.3) is 0 Å². The van der Waals surface area contributed by atoms with Crippen LogP contribution in [0.25, 0.3) is 6.08 Å². The first-order chi connectivity index (χ1) is 9.29. The lowest BCUT2D eigenvalue weighted by Crippen LogP contribution is -1.93. The van der Waals surface area contributed by atoms with Crippen LogP contribution < -0.4 is 9.47 Å². The van der Waals surface area contributed by atoms with Gasteiger partial charge in [-0.1, -0.05) is 24.3 Å². The fraction of sp³-hybridized carbons (Fsp3) is 0.267. The van der Waals surface area contributed by atoms with Crippen LogP contribution in [-0.4, -0.2) is 24.3 Å². The third-order valence-corrected chi connectivity index (χ3v) is 2.66. The number of carbonyl (C=O) groups is 1. The molecular weight excluding hydrogens is 244 g/mol. The van der Waals surface area contributed by atoms with Gasteiger partial charge in [-0.2, -0.15) is 0 Å². The average Bonchev–Trinajstić information content (AvgIpc) is 2.88. The van der Waals surface area contributed by atoms with Crippen molar-refractivity contribution in [2.45, 2.75) is 12.8 Å². The molecule has 1 N–H and O–H groups in total. The zero-order chi connectivity index (χ0) is 13.5. The van der Waals surface area contributed by atoms with Crippen molar-refractivity contribution in [3.63, 3.8) is 0 Å². The van der Waals surface area contributed by atoms with Crippen LogP contribution in [0.4, 0.5) is 0 Å². The zero-order valence-corrected chi connectivity index (χ0v) is 10.5. The summed E-state index contributed by atoms with van der Waals surface area (Å²) in [6.07, 6.45) is 7.79. The number of allylic oxidation sites excluding steroid dienone is 3. The summed E-state index contributed by atoms with van der Waals surface area (Å²) in [5.74, 6) is 1.52. The Morgan fingerprint density at radius 1 is 1.26 bits per heavy atom. The second-order valence-corrected chi connectivity index (χ2v) is 4.12. The van der Waals surface area contributed by atoms with Crippen LogP contribution >= 0.6 is 0 Å². The van der Waals surface area contributed by atoms with Crippen LogP contribution in [0.15, 0.2) is 36.4 Å². The predicted molar refractivity (Wildman–Crippen MR) is 72.1 cm³/mol. The van der Waals surface area contributed by atoms with E-state index in [1.807, 2.05) is 24.3 Å². The van der Waals surface area contributed by atoms with Gasteiger partial charge in [0.15, 0.2) is 17.3 Å². The number of benzene rings is 1. The number of hydrogen-bond acceptors (Lipinski definition) is 4. The highest BCUT2D eigenvalue weighted by atomic mass is 16.7. The third-order valence-electron chi connectivity index (χ3n) is 2.66. The predicted octanol–water partition coefficient (Wildman–Crippen LogP) is 2.33. The van der Waals surface area contributed by atoms with Crippen molar-refractivity contribution in [3.05, 3.63) is 42.0 Å². The molecule has 0 aromatic heterocycles. The highest BCUT2D eigenvalue weighted by Crippen LogP contribution is 2.32. The molecule has 1 aromatic rings. The summed E-state index contributed by atoms with van der Waals surface area (Å²) in [5, 5.41) is 8.60. The molecule has 0 saturated heterocycles. The van der Waals surface area contributed by atoms with Crippen LogP contribution in [0, 0.1) is 0 Å². The largest absolute Gasteiger partial charge is 0.454 e. The normalized spacial score (nSPS) is 13.5. The quantitative estimate of drug-likeness (QED) is 0.630. The molecule has 1 aliphatic rings. The smallest absolute Gasteiger partial charge is 0.231 e. The number of aliphatic hydroxyl groups is 1. The molecule has 0 aliphatic carbocycles. The van der Waals surface area contributed by atoms with Gasteiger partial charge >= 0.3 is 0 Å². The molecule has 1 heterocycles. The molecule has 4 heteroatoms. The van der Waals surface area contributed by atoms with E-state index in [0.717, 1.165) is 17.1 Å². The van der Waals surface area contributed by atoms with Gasteiger partial charge in [0, 0.05) is 13.0 Å². The number of hydrogen-bond donors (Lipinski definition) is 1. The van der Waals surface area contributed by atoms with Crippen molar-refractivity contribution in [1.29, 1.82) is 0 Å². The van der Waals surface area contributed by atoms with Gasteiger partial charge in [0.05, 0.1) is 0 Å².